The molecule has 3 N–H and O–H groups in total. The molecule has 2 heterocycles. The molecule has 2 aromatic carbocycles. The van der Waals surface area contributed by atoms with Crippen LogP contribution in [-0.4, -0.2) is 37.3 Å². The number of aromatic nitrogens is 1. The van der Waals surface area contributed by atoms with Gasteiger partial charge in [0.15, 0.2) is 0 Å². The largest absolute Gasteiger partial charge is 0.377 e. The Labute approximate surface area is 188 Å². The van der Waals surface area contributed by atoms with Crippen molar-refractivity contribution in [3.8, 4) is 11.3 Å². The molecular weight excluding hydrogens is 404 g/mol. The quantitative estimate of drug-likeness (QED) is 0.418. The molecule has 1 fully saturated rings. The fourth-order valence-electron chi connectivity index (χ4n) is 3.77. The van der Waals surface area contributed by atoms with Crippen molar-refractivity contribution in [3.05, 3.63) is 65.7 Å². The van der Waals surface area contributed by atoms with Crippen LogP contribution in [0.3, 0.4) is 0 Å². The van der Waals surface area contributed by atoms with Gasteiger partial charge in [-0.05, 0) is 66.9 Å². The zero-order chi connectivity index (χ0) is 22.3. The molecule has 0 saturated carbocycles. The van der Waals surface area contributed by atoms with Crippen molar-refractivity contribution < 1.29 is 14.3 Å². The van der Waals surface area contributed by atoms with E-state index in [0.717, 1.165) is 39.6 Å². The molecule has 0 radical (unpaired) electrons. The van der Waals surface area contributed by atoms with Crippen molar-refractivity contribution in [2.24, 2.45) is 0 Å². The SMILES string of the molecule is CCOCc1cc(COCC)cc(Nc2ccc(-c3ccc(N4CCNC4=O)cc3)[nH]2)c1. The van der Waals surface area contributed by atoms with Crippen LogP contribution >= 0.6 is 0 Å². The lowest BCUT2D eigenvalue weighted by molar-refractivity contribution is 0.130. The van der Waals surface area contributed by atoms with Gasteiger partial charge >= 0.3 is 6.03 Å². The fraction of sp³-hybridized carbons (Fsp3) is 0.320. The Kier molecular flexibility index (Phi) is 7.09. The number of nitrogens with zero attached hydrogens (tertiary/aromatic N) is 1. The maximum atomic E-state index is 11.9. The number of urea groups is 1. The van der Waals surface area contributed by atoms with Crippen molar-refractivity contribution in [1.82, 2.24) is 10.3 Å². The summed E-state index contributed by atoms with van der Waals surface area (Å²) in [6.45, 7) is 7.88. The normalized spacial score (nSPS) is 13.4. The third-order valence-corrected chi connectivity index (χ3v) is 5.31. The number of amides is 2. The molecule has 0 unspecified atom stereocenters. The van der Waals surface area contributed by atoms with Crippen LogP contribution in [0.1, 0.15) is 25.0 Å². The smallest absolute Gasteiger partial charge is 0.321 e. The van der Waals surface area contributed by atoms with Crippen molar-refractivity contribution in [1.29, 1.82) is 0 Å². The first-order valence-electron chi connectivity index (χ1n) is 11.1. The van der Waals surface area contributed by atoms with Gasteiger partial charge in [0, 0.05) is 43.4 Å². The minimum atomic E-state index is -0.0422. The summed E-state index contributed by atoms with van der Waals surface area (Å²) < 4.78 is 11.2. The second-order valence-corrected chi connectivity index (χ2v) is 7.65. The number of carbonyl (C=O) groups excluding carboxylic acids is 1. The molecule has 2 amide bonds. The van der Waals surface area contributed by atoms with Crippen molar-refractivity contribution in [2.45, 2.75) is 27.1 Å². The average Bonchev–Trinajstić information content (AvgIpc) is 3.45. The van der Waals surface area contributed by atoms with Gasteiger partial charge in [0.1, 0.15) is 5.82 Å². The minimum Gasteiger partial charge on any atom is -0.377 e. The van der Waals surface area contributed by atoms with E-state index in [4.69, 9.17) is 9.47 Å². The molecule has 0 aliphatic carbocycles. The molecule has 168 valence electrons. The monoisotopic (exact) mass is 434 g/mol. The van der Waals surface area contributed by atoms with Gasteiger partial charge in [-0.25, -0.2) is 4.79 Å². The molecule has 0 atom stereocenters. The molecule has 1 aliphatic heterocycles. The van der Waals surface area contributed by atoms with Crippen LogP contribution in [0.25, 0.3) is 11.3 Å². The number of anilines is 3. The summed E-state index contributed by atoms with van der Waals surface area (Å²) in [7, 11) is 0. The molecule has 1 aliphatic rings. The Morgan fingerprint density at radius 1 is 0.938 bits per heavy atom. The van der Waals surface area contributed by atoms with Gasteiger partial charge in [0.05, 0.1) is 13.2 Å². The summed E-state index contributed by atoms with van der Waals surface area (Å²) in [6.07, 6.45) is 0. The topological polar surface area (TPSA) is 78.6 Å². The number of hydrogen-bond donors (Lipinski definition) is 3. The summed E-state index contributed by atoms with van der Waals surface area (Å²) in [4.78, 5) is 17.0. The third-order valence-electron chi connectivity index (χ3n) is 5.31. The Balaban J connectivity index is 1.48. The molecule has 3 aromatic rings. The highest BCUT2D eigenvalue weighted by molar-refractivity contribution is 5.94. The van der Waals surface area contributed by atoms with Crippen molar-refractivity contribution in [3.63, 3.8) is 0 Å². The molecule has 4 rings (SSSR count). The minimum absolute atomic E-state index is 0.0422. The molecule has 1 saturated heterocycles. The molecular formula is C25H30N4O3. The van der Waals surface area contributed by atoms with E-state index in [-0.39, 0.29) is 6.03 Å². The number of H-pyrrole nitrogens is 1. The maximum Gasteiger partial charge on any atom is 0.321 e. The second kappa shape index (κ2) is 10.3. The summed E-state index contributed by atoms with van der Waals surface area (Å²) in [5, 5.41) is 6.29. The average molecular weight is 435 g/mol. The van der Waals surface area contributed by atoms with Gasteiger partial charge in [-0.2, -0.15) is 0 Å². The maximum absolute atomic E-state index is 11.9. The van der Waals surface area contributed by atoms with E-state index in [0.29, 0.717) is 39.5 Å². The van der Waals surface area contributed by atoms with Gasteiger partial charge in [0.2, 0.25) is 0 Å². The summed E-state index contributed by atoms with van der Waals surface area (Å²) in [5.41, 5.74) is 6.18. The lowest BCUT2D eigenvalue weighted by Gasteiger charge is -2.14. The number of carbonyl (C=O) groups is 1. The Morgan fingerprint density at radius 3 is 2.22 bits per heavy atom. The summed E-state index contributed by atoms with van der Waals surface area (Å²) in [5.74, 6) is 0.902. The number of nitrogens with one attached hydrogen (secondary N) is 3. The number of aromatic amines is 1. The summed E-state index contributed by atoms with van der Waals surface area (Å²) >= 11 is 0. The van der Waals surface area contributed by atoms with Crippen LogP contribution in [0.4, 0.5) is 22.0 Å². The highest BCUT2D eigenvalue weighted by Gasteiger charge is 2.20. The Morgan fingerprint density at radius 2 is 1.62 bits per heavy atom. The van der Waals surface area contributed by atoms with Crippen LogP contribution in [0.15, 0.2) is 54.6 Å². The van der Waals surface area contributed by atoms with Gasteiger partial charge in [-0.1, -0.05) is 18.2 Å². The van der Waals surface area contributed by atoms with E-state index >= 15 is 0 Å². The van der Waals surface area contributed by atoms with Crippen LogP contribution in [0.5, 0.6) is 0 Å². The standard InChI is InChI=1S/C25H30N4O3/c1-3-31-16-18-13-19(17-32-4-2)15-21(14-18)27-24-10-9-23(28-24)20-5-7-22(8-6-20)29-12-11-26-25(29)30/h5-10,13-15,27-28H,3-4,11-12,16-17H2,1-2H3,(H,26,30). The van der Waals surface area contributed by atoms with Crippen LogP contribution < -0.4 is 15.5 Å². The Hall–Kier alpha value is -3.29. The zero-order valence-corrected chi connectivity index (χ0v) is 18.6. The van der Waals surface area contributed by atoms with E-state index in [1.807, 2.05) is 50.2 Å². The molecule has 1 aromatic heterocycles. The van der Waals surface area contributed by atoms with E-state index in [1.54, 1.807) is 4.90 Å². The molecule has 0 bridgehead atoms. The van der Waals surface area contributed by atoms with Gasteiger partial charge < -0.3 is 25.1 Å². The van der Waals surface area contributed by atoms with Crippen LogP contribution in [0, 0.1) is 0 Å². The highest BCUT2D eigenvalue weighted by Crippen LogP contribution is 2.27. The number of benzene rings is 2. The van der Waals surface area contributed by atoms with Gasteiger partial charge in [-0.3, -0.25) is 4.90 Å². The predicted octanol–water partition coefficient (Wildman–Crippen LogP) is 5.03. The highest BCUT2D eigenvalue weighted by atomic mass is 16.5. The molecule has 32 heavy (non-hydrogen) atoms. The van der Waals surface area contributed by atoms with Crippen LogP contribution in [-0.2, 0) is 22.7 Å². The fourth-order valence-corrected chi connectivity index (χ4v) is 3.77. The predicted molar refractivity (Wildman–Crippen MR) is 127 cm³/mol. The third kappa shape index (κ3) is 5.30. The number of hydrogen-bond acceptors (Lipinski definition) is 4. The van der Waals surface area contributed by atoms with Gasteiger partial charge in [0.25, 0.3) is 0 Å². The van der Waals surface area contributed by atoms with Crippen molar-refractivity contribution in [2.75, 3.05) is 36.5 Å². The van der Waals surface area contributed by atoms with Crippen molar-refractivity contribution >= 4 is 23.2 Å². The molecule has 7 nitrogen and oxygen atoms in total. The first kappa shape index (κ1) is 21.9. The lowest BCUT2D eigenvalue weighted by Crippen LogP contribution is -2.27. The summed E-state index contributed by atoms with van der Waals surface area (Å²) in [6, 6.07) is 18.4. The van der Waals surface area contributed by atoms with E-state index in [2.05, 4.69) is 33.8 Å². The number of ether oxygens (including phenoxy) is 2. The second-order valence-electron chi connectivity index (χ2n) is 7.65. The zero-order valence-electron chi connectivity index (χ0n) is 18.6. The van der Waals surface area contributed by atoms with Gasteiger partial charge in [-0.15, -0.1) is 0 Å². The number of rotatable bonds is 10. The molecule has 0 spiro atoms. The van der Waals surface area contributed by atoms with Crippen LogP contribution in [0.2, 0.25) is 0 Å². The van der Waals surface area contributed by atoms with E-state index in [9.17, 15) is 4.79 Å². The van der Waals surface area contributed by atoms with E-state index in [1.165, 1.54) is 0 Å². The lowest BCUT2D eigenvalue weighted by atomic mass is 10.1. The van der Waals surface area contributed by atoms with E-state index < -0.39 is 0 Å². The molecule has 7 heteroatoms. The first-order valence-corrected chi connectivity index (χ1v) is 11.1. The Bertz CT molecular complexity index is 1020. The first-order chi connectivity index (χ1) is 15.7.